The zero-order valence-electron chi connectivity index (χ0n) is 9.86. The summed E-state index contributed by atoms with van der Waals surface area (Å²) < 4.78 is 2.06. The standard InChI is InChI=1S/C12H20N2O/c1-4-8-14(12(15)5-2)10-11-7-6-9-13(11)3/h6-7,9H,4-5,8,10H2,1-3H3. The Morgan fingerprint density at radius 1 is 1.47 bits per heavy atom. The molecule has 0 bridgehead atoms. The van der Waals surface area contributed by atoms with Crippen molar-refractivity contribution in [1.29, 1.82) is 0 Å². The summed E-state index contributed by atoms with van der Waals surface area (Å²) in [6.07, 6.45) is 3.61. The monoisotopic (exact) mass is 208 g/mol. The molecule has 1 amide bonds. The number of hydrogen-bond donors (Lipinski definition) is 0. The molecule has 84 valence electrons. The molecule has 0 unspecified atom stereocenters. The lowest BCUT2D eigenvalue weighted by Crippen LogP contribution is -2.31. The van der Waals surface area contributed by atoms with Crippen LogP contribution in [-0.2, 0) is 18.4 Å². The van der Waals surface area contributed by atoms with Crippen LogP contribution in [0.4, 0.5) is 0 Å². The number of amides is 1. The fourth-order valence-corrected chi connectivity index (χ4v) is 1.64. The molecule has 0 spiro atoms. The van der Waals surface area contributed by atoms with Crippen molar-refractivity contribution >= 4 is 5.91 Å². The highest BCUT2D eigenvalue weighted by Gasteiger charge is 2.11. The molecule has 3 heteroatoms. The minimum Gasteiger partial charge on any atom is -0.353 e. The molecule has 0 aromatic carbocycles. The van der Waals surface area contributed by atoms with E-state index in [0.29, 0.717) is 6.42 Å². The highest BCUT2D eigenvalue weighted by Crippen LogP contribution is 2.07. The van der Waals surface area contributed by atoms with Crippen LogP contribution in [0.1, 0.15) is 32.4 Å². The Bertz CT molecular complexity index is 317. The summed E-state index contributed by atoms with van der Waals surface area (Å²) in [6, 6.07) is 4.07. The van der Waals surface area contributed by atoms with Crippen molar-refractivity contribution in [1.82, 2.24) is 9.47 Å². The van der Waals surface area contributed by atoms with E-state index >= 15 is 0 Å². The van der Waals surface area contributed by atoms with E-state index in [1.54, 1.807) is 0 Å². The Balaban J connectivity index is 2.66. The fraction of sp³-hybridized carbons (Fsp3) is 0.583. The molecule has 0 aliphatic rings. The first-order valence-electron chi connectivity index (χ1n) is 5.57. The van der Waals surface area contributed by atoms with E-state index in [9.17, 15) is 4.79 Å². The third-order valence-electron chi connectivity index (χ3n) is 2.55. The Morgan fingerprint density at radius 3 is 2.67 bits per heavy atom. The van der Waals surface area contributed by atoms with E-state index in [1.165, 1.54) is 5.69 Å². The van der Waals surface area contributed by atoms with Gasteiger partial charge in [0.05, 0.1) is 6.54 Å². The fourth-order valence-electron chi connectivity index (χ4n) is 1.64. The molecule has 0 radical (unpaired) electrons. The summed E-state index contributed by atoms with van der Waals surface area (Å²) in [6.45, 7) is 5.58. The van der Waals surface area contributed by atoms with E-state index in [2.05, 4.69) is 17.6 Å². The molecule has 15 heavy (non-hydrogen) atoms. The lowest BCUT2D eigenvalue weighted by Gasteiger charge is -2.21. The first kappa shape index (κ1) is 11.8. The third-order valence-corrected chi connectivity index (χ3v) is 2.55. The topological polar surface area (TPSA) is 25.2 Å². The predicted octanol–water partition coefficient (Wildman–Crippen LogP) is 2.17. The Morgan fingerprint density at radius 2 is 2.20 bits per heavy atom. The van der Waals surface area contributed by atoms with Crippen molar-refractivity contribution in [2.24, 2.45) is 7.05 Å². The van der Waals surface area contributed by atoms with Crippen LogP contribution >= 0.6 is 0 Å². The van der Waals surface area contributed by atoms with E-state index in [0.717, 1.165) is 19.5 Å². The van der Waals surface area contributed by atoms with Gasteiger partial charge in [0.1, 0.15) is 0 Å². The number of carbonyl (C=O) groups is 1. The van der Waals surface area contributed by atoms with Crippen LogP contribution in [0, 0.1) is 0 Å². The number of nitrogens with zero attached hydrogens (tertiary/aromatic N) is 2. The van der Waals surface area contributed by atoms with Crippen LogP contribution in [0.25, 0.3) is 0 Å². The molecular formula is C12H20N2O. The van der Waals surface area contributed by atoms with Gasteiger partial charge in [0.25, 0.3) is 0 Å². The highest BCUT2D eigenvalue weighted by molar-refractivity contribution is 5.75. The van der Waals surface area contributed by atoms with E-state index in [1.807, 2.05) is 31.1 Å². The van der Waals surface area contributed by atoms with Crippen LogP contribution in [0.3, 0.4) is 0 Å². The van der Waals surface area contributed by atoms with Gasteiger partial charge in [-0.2, -0.15) is 0 Å². The average Bonchev–Trinajstić information content (AvgIpc) is 2.63. The largest absolute Gasteiger partial charge is 0.353 e. The lowest BCUT2D eigenvalue weighted by atomic mass is 10.3. The Hall–Kier alpha value is -1.25. The smallest absolute Gasteiger partial charge is 0.222 e. The van der Waals surface area contributed by atoms with Crippen LogP contribution in [0.2, 0.25) is 0 Å². The zero-order valence-corrected chi connectivity index (χ0v) is 9.86. The maximum Gasteiger partial charge on any atom is 0.222 e. The minimum absolute atomic E-state index is 0.234. The predicted molar refractivity (Wildman–Crippen MR) is 61.4 cm³/mol. The number of carbonyl (C=O) groups excluding carboxylic acids is 1. The first-order valence-corrected chi connectivity index (χ1v) is 5.57. The average molecular weight is 208 g/mol. The summed E-state index contributed by atoms with van der Waals surface area (Å²) >= 11 is 0. The normalized spacial score (nSPS) is 10.3. The van der Waals surface area contributed by atoms with Crippen LogP contribution < -0.4 is 0 Å². The molecule has 1 aromatic rings. The van der Waals surface area contributed by atoms with Gasteiger partial charge < -0.3 is 9.47 Å². The van der Waals surface area contributed by atoms with Gasteiger partial charge in [-0.25, -0.2) is 0 Å². The molecule has 0 saturated heterocycles. The molecule has 1 aromatic heterocycles. The molecule has 0 atom stereocenters. The quantitative estimate of drug-likeness (QED) is 0.728. The second-order valence-electron chi connectivity index (χ2n) is 3.78. The molecule has 1 rings (SSSR count). The van der Waals surface area contributed by atoms with Crippen LogP contribution in [-0.4, -0.2) is 21.9 Å². The van der Waals surface area contributed by atoms with Gasteiger partial charge in [-0.1, -0.05) is 13.8 Å². The Kier molecular flexibility index (Phi) is 4.40. The number of aromatic nitrogens is 1. The number of hydrogen-bond acceptors (Lipinski definition) is 1. The minimum atomic E-state index is 0.234. The molecule has 3 nitrogen and oxygen atoms in total. The van der Waals surface area contributed by atoms with Crippen LogP contribution in [0.15, 0.2) is 18.3 Å². The van der Waals surface area contributed by atoms with Gasteiger partial charge in [0, 0.05) is 31.9 Å². The maximum atomic E-state index is 11.7. The zero-order chi connectivity index (χ0) is 11.3. The van der Waals surface area contributed by atoms with Gasteiger partial charge in [0.2, 0.25) is 5.91 Å². The molecule has 0 N–H and O–H groups in total. The molecule has 0 aliphatic heterocycles. The van der Waals surface area contributed by atoms with E-state index in [4.69, 9.17) is 0 Å². The van der Waals surface area contributed by atoms with Crippen molar-refractivity contribution in [2.45, 2.75) is 33.2 Å². The highest BCUT2D eigenvalue weighted by atomic mass is 16.2. The second kappa shape index (κ2) is 5.59. The molecule has 1 heterocycles. The number of aryl methyl sites for hydroxylation is 1. The van der Waals surface area contributed by atoms with Gasteiger partial charge in [-0.15, -0.1) is 0 Å². The second-order valence-corrected chi connectivity index (χ2v) is 3.78. The molecule has 0 saturated carbocycles. The van der Waals surface area contributed by atoms with Gasteiger partial charge >= 0.3 is 0 Å². The summed E-state index contributed by atoms with van der Waals surface area (Å²) in [4.78, 5) is 13.6. The van der Waals surface area contributed by atoms with E-state index in [-0.39, 0.29) is 5.91 Å². The summed E-state index contributed by atoms with van der Waals surface area (Å²) in [7, 11) is 2.01. The summed E-state index contributed by atoms with van der Waals surface area (Å²) in [5, 5.41) is 0. The van der Waals surface area contributed by atoms with Crippen molar-refractivity contribution in [3.8, 4) is 0 Å². The molecule has 0 fully saturated rings. The van der Waals surface area contributed by atoms with Gasteiger partial charge in [0.15, 0.2) is 0 Å². The SMILES string of the molecule is CCCN(Cc1cccn1C)C(=O)CC. The first-order chi connectivity index (χ1) is 7.19. The maximum absolute atomic E-state index is 11.7. The number of rotatable bonds is 5. The summed E-state index contributed by atoms with van der Waals surface area (Å²) in [5.74, 6) is 0.234. The van der Waals surface area contributed by atoms with Crippen molar-refractivity contribution in [2.75, 3.05) is 6.54 Å². The molecule has 0 aliphatic carbocycles. The van der Waals surface area contributed by atoms with Crippen molar-refractivity contribution in [3.63, 3.8) is 0 Å². The van der Waals surface area contributed by atoms with Gasteiger partial charge in [-0.3, -0.25) is 4.79 Å². The van der Waals surface area contributed by atoms with Gasteiger partial charge in [-0.05, 0) is 18.6 Å². The summed E-state index contributed by atoms with van der Waals surface area (Å²) in [5.41, 5.74) is 1.19. The Labute approximate surface area is 91.7 Å². The van der Waals surface area contributed by atoms with Crippen molar-refractivity contribution in [3.05, 3.63) is 24.0 Å². The molecular weight excluding hydrogens is 188 g/mol. The third kappa shape index (κ3) is 3.11. The van der Waals surface area contributed by atoms with E-state index < -0.39 is 0 Å². The lowest BCUT2D eigenvalue weighted by molar-refractivity contribution is -0.131. The van der Waals surface area contributed by atoms with Crippen molar-refractivity contribution < 1.29 is 4.79 Å². The van der Waals surface area contributed by atoms with Crippen LogP contribution in [0.5, 0.6) is 0 Å².